The van der Waals surface area contributed by atoms with Crippen LogP contribution in [0, 0.1) is 0 Å². The summed E-state index contributed by atoms with van der Waals surface area (Å²) < 4.78 is 21.6. The third kappa shape index (κ3) is 4.39. The smallest absolute Gasteiger partial charge is 0.286 e. The molecular weight excluding hydrogens is 528 g/mol. The van der Waals surface area contributed by atoms with E-state index in [1.54, 1.807) is 0 Å². The second-order valence-corrected chi connectivity index (χ2v) is 10.8. The van der Waals surface area contributed by atoms with Crippen molar-refractivity contribution in [1.82, 2.24) is 9.80 Å². The van der Waals surface area contributed by atoms with Gasteiger partial charge >= 0.3 is 0 Å². The number of hydrogen-bond donors (Lipinski definition) is 0. The number of aliphatic imine (C=N–C) groups is 2. The highest BCUT2D eigenvalue weighted by atomic mass is 32.2. The number of fused-ring (bicyclic) bond motifs is 2. The van der Waals surface area contributed by atoms with Gasteiger partial charge in [-0.3, -0.25) is 9.59 Å². The number of ether oxygens (including phenoxy) is 4. The minimum Gasteiger partial charge on any atom is -0.454 e. The number of amidine groups is 2. The average Bonchev–Trinajstić information content (AvgIpc) is 3.72. The number of thioether (sulfide) groups is 2. The van der Waals surface area contributed by atoms with Gasteiger partial charge in [0.1, 0.15) is 0 Å². The molecule has 0 aliphatic carbocycles. The largest absolute Gasteiger partial charge is 0.454 e. The Balaban J connectivity index is 0.969. The Kier molecular flexibility index (Phi) is 5.77. The third-order valence-corrected chi connectivity index (χ3v) is 8.52. The van der Waals surface area contributed by atoms with Crippen molar-refractivity contribution in [2.75, 3.05) is 39.8 Å². The van der Waals surface area contributed by atoms with Gasteiger partial charge in [-0.2, -0.15) is 9.98 Å². The molecule has 0 saturated carbocycles. The van der Waals surface area contributed by atoms with E-state index in [1.165, 1.54) is 23.5 Å². The van der Waals surface area contributed by atoms with E-state index >= 15 is 0 Å². The summed E-state index contributed by atoms with van der Waals surface area (Å²) in [6, 6.07) is 11.2. The molecule has 2 amide bonds. The van der Waals surface area contributed by atoms with Crippen molar-refractivity contribution in [3.63, 3.8) is 0 Å². The Bertz CT molecular complexity index is 1380. The molecule has 12 heteroatoms. The Labute approximate surface area is 226 Å². The lowest BCUT2D eigenvalue weighted by molar-refractivity contribution is -0.114. The molecule has 1 saturated heterocycles. The zero-order valence-electron chi connectivity index (χ0n) is 19.9. The molecule has 5 aliphatic heterocycles. The summed E-state index contributed by atoms with van der Waals surface area (Å²) in [5.41, 5.74) is 1.72. The molecule has 0 N–H and O–H groups in total. The maximum atomic E-state index is 12.6. The van der Waals surface area contributed by atoms with Crippen LogP contribution >= 0.6 is 23.5 Å². The number of rotatable bonds is 2. The van der Waals surface area contributed by atoms with E-state index in [1.807, 2.05) is 48.6 Å². The van der Waals surface area contributed by atoms with Crippen LogP contribution < -0.4 is 18.9 Å². The highest BCUT2D eigenvalue weighted by molar-refractivity contribution is 8.18. The first kappa shape index (κ1) is 23.2. The minimum absolute atomic E-state index is 0.207. The first-order chi connectivity index (χ1) is 18.6. The van der Waals surface area contributed by atoms with Crippen LogP contribution in [0.25, 0.3) is 12.2 Å². The van der Waals surface area contributed by atoms with Crippen LogP contribution in [-0.2, 0) is 9.59 Å². The van der Waals surface area contributed by atoms with Crippen LogP contribution in [0.4, 0.5) is 0 Å². The lowest BCUT2D eigenvalue weighted by Gasteiger charge is -2.35. The molecule has 0 atom stereocenters. The zero-order chi connectivity index (χ0) is 25.6. The molecule has 7 rings (SSSR count). The summed E-state index contributed by atoms with van der Waals surface area (Å²) in [6.07, 6.45) is 3.65. The highest BCUT2D eigenvalue weighted by Gasteiger charge is 2.32. The zero-order valence-corrected chi connectivity index (χ0v) is 21.5. The number of amides is 2. The minimum atomic E-state index is -0.246. The normalized spacial score (nSPS) is 22.1. The van der Waals surface area contributed by atoms with Crippen molar-refractivity contribution in [2.24, 2.45) is 9.98 Å². The summed E-state index contributed by atoms with van der Waals surface area (Å²) in [6.45, 7) is 3.10. The van der Waals surface area contributed by atoms with Crippen molar-refractivity contribution in [2.45, 2.75) is 0 Å². The van der Waals surface area contributed by atoms with Gasteiger partial charge in [0.15, 0.2) is 33.3 Å². The molecule has 192 valence electrons. The number of piperazine rings is 1. The van der Waals surface area contributed by atoms with E-state index in [0.717, 1.165) is 11.1 Å². The fourth-order valence-corrected chi connectivity index (χ4v) is 6.39. The highest BCUT2D eigenvalue weighted by Crippen LogP contribution is 2.37. The second-order valence-electron chi connectivity index (χ2n) is 8.82. The van der Waals surface area contributed by atoms with Gasteiger partial charge in [-0.25, -0.2) is 0 Å². The number of nitrogens with zero attached hydrogens (tertiary/aromatic N) is 4. The lowest BCUT2D eigenvalue weighted by atomic mass is 10.2. The standard InChI is InChI=1S/C26H20N4O6S2/c31-23-21(11-15-1-3-17-19(9-15)35-13-33-17)37-25(27-23)29-5-7-30(8-6-29)26-28-24(32)22(38-26)12-16-2-4-18-20(10-16)36-14-34-18/h1-4,9-12H,5-8,13-14H2. The fraction of sp³-hybridized carbons (Fsp3) is 0.231. The van der Waals surface area contributed by atoms with Crippen LogP contribution in [0.5, 0.6) is 23.0 Å². The van der Waals surface area contributed by atoms with Gasteiger partial charge in [0.05, 0.1) is 9.81 Å². The molecule has 0 spiro atoms. The van der Waals surface area contributed by atoms with E-state index in [9.17, 15) is 9.59 Å². The molecule has 2 aromatic rings. The quantitative estimate of drug-likeness (QED) is 0.519. The van der Waals surface area contributed by atoms with E-state index in [-0.39, 0.29) is 25.4 Å². The van der Waals surface area contributed by atoms with Gasteiger partial charge in [-0.05, 0) is 71.1 Å². The van der Waals surface area contributed by atoms with Crippen molar-refractivity contribution in [1.29, 1.82) is 0 Å². The number of benzene rings is 2. The average molecular weight is 549 g/mol. The molecular formula is C26H20N4O6S2. The van der Waals surface area contributed by atoms with Crippen molar-refractivity contribution < 1.29 is 28.5 Å². The SMILES string of the molecule is O=C1N=C(N2CCN(C3=NC(=O)C(=Cc4ccc5c(c4)OCO5)S3)CC2)SC1=Cc1ccc2c(c1)OCO2. The van der Waals surface area contributed by atoms with Crippen molar-refractivity contribution in [3.05, 3.63) is 57.3 Å². The van der Waals surface area contributed by atoms with Crippen molar-refractivity contribution in [3.8, 4) is 23.0 Å². The predicted molar refractivity (Wildman–Crippen MR) is 144 cm³/mol. The lowest BCUT2D eigenvalue weighted by Crippen LogP contribution is -2.49. The number of hydrogen-bond acceptors (Lipinski definition) is 10. The summed E-state index contributed by atoms with van der Waals surface area (Å²) in [5.74, 6) is 2.26. The van der Waals surface area contributed by atoms with Gasteiger partial charge in [0, 0.05) is 26.2 Å². The van der Waals surface area contributed by atoms with E-state index in [2.05, 4.69) is 19.8 Å². The summed E-state index contributed by atoms with van der Waals surface area (Å²) in [7, 11) is 0. The van der Waals surface area contributed by atoms with Gasteiger partial charge in [-0.15, -0.1) is 0 Å². The molecule has 1 fully saturated rings. The fourth-order valence-electron chi connectivity index (χ4n) is 4.46. The van der Waals surface area contributed by atoms with Crippen LogP contribution in [0.3, 0.4) is 0 Å². The van der Waals surface area contributed by atoms with Crippen LogP contribution in [-0.4, -0.2) is 71.7 Å². The molecule has 5 aliphatic rings. The molecule has 2 aromatic carbocycles. The first-order valence-electron chi connectivity index (χ1n) is 11.9. The molecule has 0 radical (unpaired) electrons. The molecule has 5 heterocycles. The van der Waals surface area contributed by atoms with E-state index < -0.39 is 0 Å². The van der Waals surface area contributed by atoms with Gasteiger partial charge in [-0.1, -0.05) is 12.1 Å². The Morgan fingerprint density at radius 2 is 1.05 bits per heavy atom. The maximum Gasteiger partial charge on any atom is 0.286 e. The molecule has 0 aromatic heterocycles. The second kappa shape index (κ2) is 9.44. The predicted octanol–water partition coefficient (Wildman–Crippen LogP) is 3.40. The first-order valence-corrected chi connectivity index (χ1v) is 13.6. The summed E-state index contributed by atoms with van der Waals surface area (Å²) in [4.78, 5) is 39.1. The molecule has 0 bridgehead atoms. The molecule has 0 unspecified atom stereocenters. The summed E-state index contributed by atoms with van der Waals surface area (Å²) >= 11 is 2.75. The molecule has 38 heavy (non-hydrogen) atoms. The van der Waals surface area contributed by atoms with E-state index in [0.29, 0.717) is 69.3 Å². The number of carbonyl (C=O) groups is 2. The van der Waals surface area contributed by atoms with Crippen molar-refractivity contribution >= 4 is 57.8 Å². The van der Waals surface area contributed by atoms with Crippen LogP contribution in [0.15, 0.2) is 56.2 Å². The maximum absolute atomic E-state index is 12.6. The van der Waals surface area contributed by atoms with Crippen LogP contribution in [0.1, 0.15) is 11.1 Å². The van der Waals surface area contributed by atoms with E-state index in [4.69, 9.17) is 18.9 Å². The molecule has 10 nitrogen and oxygen atoms in total. The topological polar surface area (TPSA) is 102 Å². The Morgan fingerprint density at radius 3 is 1.50 bits per heavy atom. The Morgan fingerprint density at radius 1 is 0.632 bits per heavy atom. The monoisotopic (exact) mass is 548 g/mol. The number of carbonyl (C=O) groups excluding carboxylic acids is 2. The third-order valence-electron chi connectivity index (χ3n) is 6.43. The summed E-state index contributed by atoms with van der Waals surface area (Å²) in [5, 5.41) is 1.39. The van der Waals surface area contributed by atoms with Crippen LogP contribution in [0.2, 0.25) is 0 Å². The van der Waals surface area contributed by atoms with Gasteiger partial charge in [0.2, 0.25) is 13.6 Å². The van der Waals surface area contributed by atoms with Gasteiger partial charge in [0.25, 0.3) is 11.8 Å². The van der Waals surface area contributed by atoms with Gasteiger partial charge < -0.3 is 28.7 Å². The Hall–Kier alpha value is -3.90.